The second kappa shape index (κ2) is 6.73. The van der Waals surface area contributed by atoms with E-state index in [-0.39, 0.29) is 22.5 Å². The summed E-state index contributed by atoms with van der Waals surface area (Å²) in [5.41, 5.74) is 1.32. The van der Waals surface area contributed by atoms with Crippen molar-refractivity contribution in [3.05, 3.63) is 105 Å². The Balaban J connectivity index is 2.04. The summed E-state index contributed by atoms with van der Waals surface area (Å²) in [7, 11) is 0. The van der Waals surface area contributed by atoms with Gasteiger partial charge in [-0.2, -0.15) is 0 Å². The molecule has 0 aliphatic heterocycles. The maximum absolute atomic E-state index is 13.1. The minimum Gasteiger partial charge on any atom is -0.455 e. The summed E-state index contributed by atoms with van der Waals surface area (Å²) >= 11 is 3.40. The fourth-order valence-corrected chi connectivity index (χ4v) is 3.15. The SMILES string of the molecule is O=C(c1ccccc1)c1c(-c2ccc(Br)cc2)oc2ccccc2c1=O. The highest BCUT2D eigenvalue weighted by Crippen LogP contribution is 2.28. The third kappa shape index (κ3) is 2.89. The first kappa shape index (κ1) is 16.5. The van der Waals surface area contributed by atoms with Gasteiger partial charge < -0.3 is 4.42 Å². The van der Waals surface area contributed by atoms with Gasteiger partial charge in [-0.1, -0.05) is 70.5 Å². The van der Waals surface area contributed by atoms with Gasteiger partial charge in [0.2, 0.25) is 11.2 Å². The van der Waals surface area contributed by atoms with Crippen molar-refractivity contribution in [1.82, 2.24) is 0 Å². The molecule has 3 aromatic carbocycles. The van der Waals surface area contributed by atoms with Crippen molar-refractivity contribution in [3.8, 4) is 11.3 Å². The number of rotatable bonds is 3. The Kier molecular flexibility index (Phi) is 4.27. The van der Waals surface area contributed by atoms with Gasteiger partial charge in [-0.15, -0.1) is 0 Å². The molecule has 0 unspecified atom stereocenters. The molecule has 1 aromatic heterocycles. The van der Waals surface area contributed by atoms with Crippen LogP contribution in [0.1, 0.15) is 15.9 Å². The summed E-state index contributed by atoms with van der Waals surface area (Å²) < 4.78 is 6.91. The average Bonchev–Trinajstić information content (AvgIpc) is 2.69. The quantitative estimate of drug-likeness (QED) is 0.426. The van der Waals surface area contributed by atoms with Crippen molar-refractivity contribution >= 4 is 32.7 Å². The van der Waals surface area contributed by atoms with E-state index >= 15 is 0 Å². The van der Waals surface area contributed by atoms with Crippen LogP contribution in [0.5, 0.6) is 0 Å². The molecule has 1 heterocycles. The molecule has 26 heavy (non-hydrogen) atoms. The first-order valence-corrected chi connectivity index (χ1v) is 8.86. The first-order valence-electron chi connectivity index (χ1n) is 8.06. The fourth-order valence-electron chi connectivity index (χ4n) is 2.89. The van der Waals surface area contributed by atoms with Crippen LogP contribution in [0.2, 0.25) is 0 Å². The first-order chi connectivity index (χ1) is 12.6. The highest BCUT2D eigenvalue weighted by atomic mass is 79.9. The lowest BCUT2D eigenvalue weighted by Crippen LogP contribution is -2.17. The van der Waals surface area contributed by atoms with Crippen LogP contribution in [0.4, 0.5) is 0 Å². The molecule has 0 amide bonds. The van der Waals surface area contributed by atoms with E-state index in [4.69, 9.17) is 4.42 Å². The number of fused-ring (bicyclic) bond motifs is 1. The highest BCUT2D eigenvalue weighted by Gasteiger charge is 2.23. The molecule has 4 heteroatoms. The number of carbonyl (C=O) groups excluding carboxylic acids is 1. The van der Waals surface area contributed by atoms with Gasteiger partial charge >= 0.3 is 0 Å². The van der Waals surface area contributed by atoms with Gasteiger partial charge in [-0.25, -0.2) is 0 Å². The van der Waals surface area contributed by atoms with E-state index in [0.717, 1.165) is 4.47 Å². The van der Waals surface area contributed by atoms with Gasteiger partial charge in [0.05, 0.1) is 5.39 Å². The molecule has 0 atom stereocenters. The molecule has 0 N–H and O–H groups in total. The molecule has 0 radical (unpaired) electrons. The van der Waals surface area contributed by atoms with Crippen LogP contribution in [-0.2, 0) is 0 Å². The largest absolute Gasteiger partial charge is 0.455 e. The molecule has 0 saturated heterocycles. The Morgan fingerprint density at radius 2 is 1.46 bits per heavy atom. The number of benzene rings is 3. The van der Waals surface area contributed by atoms with E-state index in [2.05, 4.69) is 15.9 Å². The summed E-state index contributed by atoms with van der Waals surface area (Å²) in [6, 6.07) is 23.1. The minimum absolute atomic E-state index is 0.0530. The topological polar surface area (TPSA) is 47.3 Å². The van der Waals surface area contributed by atoms with Gasteiger partial charge in [0.15, 0.2) is 0 Å². The molecule has 3 nitrogen and oxygen atoms in total. The smallest absolute Gasteiger partial charge is 0.204 e. The maximum atomic E-state index is 13.1. The second-order valence-corrected chi connectivity index (χ2v) is 6.75. The lowest BCUT2D eigenvalue weighted by atomic mass is 9.97. The van der Waals surface area contributed by atoms with E-state index in [1.165, 1.54) is 0 Å². The van der Waals surface area contributed by atoms with E-state index in [9.17, 15) is 9.59 Å². The Labute approximate surface area is 158 Å². The maximum Gasteiger partial charge on any atom is 0.204 e. The fraction of sp³-hybridized carbons (Fsp3) is 0. The second-order valence-electron chi connectivity index (χ2n) is 5.83. The highest BCUT2D eigenvalue weighted by molar-refractivity contribution is 9.10. The van der Waals surface area contributed by atoms with Crippen molar-refractivity contribution in [1.29, 1.82) is 0 Å². The predicted molar refractivity (Wildman–Crippen MR) is 105 cm³/mol. The molecule has 0 spiro atoms. The molecule has 126 valence electrons. The zero-order valence-corrected chi connectivity index (χ0v) is 15.2. The van der Waals surface area contributed by atoms with Gasteiger partial charge in [-0.3, -0.25) is 9.59 Å². The molecule has 0 fully saturated rings. The Morgan fingerprint density at radius 1 is 0.808 bits per heavy atom. The summed E-state index contributed by atoms with van der Waals surface area (Å²) in [6.07, 6.45) is 0. The van der Waals surface area contributed by atoms with Crippen LogP contribution < -0.4 is 5.43 Å². The van der Waals surface area contributed by atoms with E-state index in [1.807, 2.05) is 30.3 Å². The van der Waals surface area contributed by atoms with Crippen LogP contribution in [-0.4, -0.2) is 5.78 Å². The number of ketones is 1. The number of para-hydroxylation sites is 1. The van der Waals surface area contributed by atoms with Crippen LogP contribution in [0.3, 0.4) is 0 Å². The predicted octanol–water partition coefficient (Wildman–Crippen LogP) is 5.45. The third-order valence-corrected chi connectivity index (χ3v) is 4.70. The Hall–Kier alpha value is -2.98. The van der Waals surface area contributed by atoms with Crippen molar-refractivity contribution in [3.63, 3.8) is 0 Å². The third-order valence-electron chi connectivity index (χ3n) is 4.17. The molecule has 0 bridgehead atoms. The zero-order valence-electron chi connectivity index (χ0n) is 13.6. The number of hydrogen-bond acceptors (Lipinski definition) is 3. The normalized spacial score (nSPS) is 10.8. The molecule has 4 rings (SSSR count). The van der Waals surface area contributed by atoms with E-state index in [0.29, 0.717) is 22.1 Å². The number of halogens is 1. The number of carbonyl (C=O) groups is 1. The molecular formula is C22H13BrO3. The standard InChI is InChI=1S/C22H13BrO3/c23-16-12-10-15(11-13-16)22-19(20(24)14-6-2-1-3-7-14)21(25)17-8-4-5-9-18(17)26-22/h1-13H. The molecule has 0 saturated carbocycles. The monoisotopic (exact) mass is 404 g/mol. The molecule has 0 aliphatic carbocycles. The van der Waals surface area contributed by atoms with Gasteiger partial charge in [-0.05, 0) is 24.3 Å². The van der Waals surface area contributed by atoms with Crippen LogP contribution in [0.15, 0.2) is 92.5 Å². The van der Waals surface area contributed by atoms with Crippen molar-refractivity contribution in [2.75, 3.05) is 0 Å². The molecule has 4 aromatic rings. The summed E-state index contributed by atoms with van der Waals surface area (Å²) in [5, 5.41) is 0.396. The molecular weight excluding hydrogens is 392 g/mol. The van der Waals surface area contributed by atoms with Crippen molar-refractivity contribution < 1.29 is 9.21 Å². The number of hydrogen-bond donors (Lipinski definition) is 0. The lowest BCUT2D eigenvalue weighted by Gasteiger charge is -2.10. The van der Waals surface area contributed by atoms with Crippen molar-refractivity contribution in [2.24, 2.45) is 0 Å². The Morgan fingerprint density at radius 3 is 2.19 bits per heavy atom. The van der Waals surface area contributed by atoms with E-state index in [1.54, 1.807) is 48.5 Å². The minimum atomic E-state index is -0.344. The van der Waals surface area contributed by atoms with Gasteiger partial charge in [0, 0.05) is 15.6 Å². The Bertz CT molecular complexity index is 1160. The summed E-state index contributed by atoms with van der Waals surface area (Å²) in [6.45, 7) is 0. The van der Waals surface area contributed by atoms with Crippen molar-refractivity contribution in [2.45, 2.75) is 0 Å². The summed E-state index contributed by atoms with van der Waals surface area (Å²) in [5.74, 6) is -0.0573. The van der Waals surface area contributed by atoms with E-state index < -0.39 is 0 Å². The van der Waals surface area contributed by atoms with Crippen LogP contribution in [0.25, 0.3) is 22.3 Å². The average molecular weight is 405 g/mol. The zero-order chi connectivity index (χ0) is 18.1. The van der Waals surface area contributed by atoms with Crippen LogP contribution >= 0.6 is 15.9 Å². The van der Waals surface area contributed by atoms with Crippen LogP contribution in [0, 0.1) is 0 Å². The lowest BCUT2D eigenvalue weighted by molar-refractivity contribution is 0.103. The molecule has 0 aliphatic rings. The van der Waals surface area contributed by atoms with Gasteiger partial charge in [0.1, 0.15) is 16.9 Å². The summed E-state index contributed by atoms with van der Waals surface area (Å²) in [4.78, 5) is 26.2. The van der Waals surface area contributed by atoms with Gasteiger partial charge in [0.25, 0.3) is 0 Å².